The Morgan fingerprint density at radius 2 is 1.32 bits per heavy atom. The molecule has 0 N–H and O–H groups in total. The third kappa shape index (κ3) is 13.1. The number of nitrogens with zero attached hydrogens (tertiary/aromatic N) is 2. The van der Waals surface area contributed by atoms with Crippen molar-refractivity contribution < 1.29 is 38.1 Å². The zero-order valence-corrected chi connectivity index (χ0v) is 24.5. The van der Waals surface area contributed by atoms with Crippen molar-refractivity contribution in [3.63, 3.8) is 0 Å². The van der Waals surface area contributed by atoms with Crippen LogP contribution in [0.5, 0.6) is 0 Å². The van der Waals surface area contributed by atoms with Crippen molar-refractivity contribution in [1.82, 2.24) is 9.80 Å². The summed E-state index contributed by atoms with van der Waals surface area (Å²) < 4.78 is 20.4. The predicted octanol–water partition coefficient (Wildman–Crippen LogP) is 5.23. The fourth-order valence-electron chi connectivity index (χ4n) is 4.13. The second kappa shape index (κ2) is 15.6. The molecule has 2 fully saturated rings. The summed E-state index contributed by atoms with van der Waals surface area (Å²) in [7, 11) is 0. The molecule has 2 rings (SSSR count). The quantitative estimate of drug-likeness (QED) is 0.245. The molecule has 2 amide bonds. The maximum Gasteiger partial charge on any atom is 0.410 e. The molecule has 0 bridgehead atoms. The van der Waals surface area contributed by atoms with Crippen molar-refractivity contribution in [1.29, 1.82) is 0 Å². The first kappa shape index (κ1) is 33.2. The van der Waals surface area contributed by atoms with Gasteiger partial charge in [-0.1, -0.05) is 6.08 Å². The fraction of sp³-hybridized carbons (Fsp3) is 0.786. The summed E-state index contributed by atoms with van der Waals surface area (Å²) in [4.78, 5) is 50.0. The number of amides is 2. The Bertz CT molecular complexity index is 813. The van der Waals surface area contributed by atoms with E-state index in [4.69, 9.17) is 18.9 Å². The van der Waals surface area contributed by atoms with E-state index >= 15 is 0 Å². The van der Waals surface area contributed by atoms with E-state index in [9.17, 15) is 19.2 Å². The molecule has 2 aliphatic rings. The second-order valence-electron chi connectivity index (χ2n) is 11.3. The molecule has 2 atom stereocenters. The number of carbonyl (C=O) groups excluding carboxylic acids is 4. The fourth-order valence-corrected chi connectivity index (χ4v) is 4.13. The van der Waals surface area contributed by atoms with E-state index in [-0.39, 0.29) is 36.2 Å². The number of likely N-dealkylation sites (tertiary alicyclic amines) is 2. The minimum atomic E-state index is -0.505. The van der Waals surface area contributed by atoms with Gasteiger partial charge in [-0.05, 0) is 87.5 Å². The Hall–Kier alpha value is -2.78. The van der Waals surface area contributed by atoms with Gasteiger partial charge in [0, 0.05) is 31.6 Å². The van der Waals surface area contributed by atoms with Gasteiger partial charge in [-0.25, -0.2) is 14.4 Å². The van der Waals surface area contributed by atoms with Gasteiger partial charge in [0.2, 0.25) is 0 Å². The van der Waals surface area contributed by atoms with E-state index in [1.54, 1.807) is 29.7 Å². The largest absolute Gasteiger partial charge is 0.466 e. The summed E-state index contributed by atoms with van der Waals surface area (Å²) in [5, 5.41) is 0. The maximum atomic E-state index is 12.0. The highest BCUT2D eigenvalue weighted by molar-refractivity contribution is 5.82. The lowest BCUT2D eigenvalue weighted by molar-refractivity contribution is -0.143. The highest BCUT2D eigenvalue weighted by Crippen LogP contribution is 2.24. The van der Waals surface area contributed by atoms with Crippen molar-refractivity contribution in [2.75, 3.05) is 26.3 Å². The molecule has 0 aromatic carbocycles. The van der Waals surface area contributed by atoms with E-state index in [0.717, 1.165) is 25.7 Å². The van der Waals surface area contributed by atoms with Crippen molar-refractivity contribution in [3.05, 3.63) is 12.2 Å². The van der Waals surface area contributed by atoms with Gasteiger partial charge < -0.3 is 28.7 Å². The topological polar surface area (TPSA) is 112 Å². The molecular formula is C28H48N2O8. The van der Waals surface area contributed by atoms with Gasteiger partial charge in [0.15, 0.2) is 0 Å². The number of carbonyl (C=O) groups is 4. The van der Waals surface area contributed by atoms with Crippen molar-refractivity contribution >= 4 is 24.1 Å². The van der Waals surface area contributed by atoms with Crippen molar-refractivity contribution in [2.45, 2.75) is 117 Å². The predicted molar refractivity (Wildman–Crippen MR) is 144 cm³/mol. The molecule has 0 aliphatic carbocycles. The standard InChI is InChI=1S/C14H25NO4.C14H23NO4/c2*1-5-18-12(16)9-8-11-7-6-10-15(11)13(17)19-14(2,3)4/h11H,5-10H2,1-4H3;8-9,11H,5-7,10H2,1-4H3/b;9-8+/t2*11-/m00/s1. The summed E-state index contributed by atoms with van der Waals surface area (Å²) in [5.41, 5.74) is -0.986. The molecule has 0 saturated carbocycles. The van der Waals surface area contributed by atoms with E-state index in [2.05, 4.69) is 0 Å². The van der Waals surface area contributed by atoms with Gasteiger partial charge in [-0.3, -0.25) is 4.79 Å². The third-order valence-corrected chi connectivity index (χ3v) is 5.66. The minimum absolute atomic E-state index is 0.0840. The Morgan fingerprint density at radius 1 is 0.789 bits per heavy atom. The highest BCUT2D eigenvalue weighted by atomic mass is 16.6. The number of esters is 2. The third-order valence-electron chi connectivity index (χ3n) is 5.66. The van der Waals surface area contributed by atoms with E-state index < -0.39 is 11.2 Å². The second-order valence-corrected chi connectivity index (χ2v) is 11.3. The Kier molecular flexibility index (Phi) is 13.6. The summed E-state index contributed by atoms with van der Waals surface area (Å²) in [6.45, 7) is 16.8. The van der Waals surface area contributed by atoms with Crippen LogP contribution >= 0.6 is 0 Å². The molecule has 2 saturated heterocycles. The van der Waals surface area contributed by atoms with Gasteiger partial charge in [-0.15, -0.1) is 0 Å². The molecule has 0 radical (unpaired) electrons. The maximum absolute atomic E-state index is 12.0. The first-order chi connectivity index (χ1) is 17.7. The lowest BCUT2D eigenvalue weighted by Gasteiger charge is -2.28. The number of rotatable bonds is 7. The lowest BCUT2D eigenvalue weighted by atomic mass is 10.1. The van der Waals surface area contributed by atoms with Crippen LogP contribution in [-0.4, -0.2) is 83.5 Å². The van der Waals surface area contributed by atoms with E-state index in [1.165, 1.54) is 6.08 Å². The van der Waals surface area contributed by atoms with Crippen LogP contribution < -0.4 is 0 Å². The zero-order valence-electron chi connectivity index (χ0n) is 24.5. The smallest absolute Gasteiger partial charge is 0.410 e. The van der Waals surface area contributed by atoms with Gasteiger partial charge >= 0.3 is 24.1 Å². The molecule has 10 nitrogen and oxygen atoms in total. The Balaban J connectivity index is 0.000000380. The van der Waals surface area contributed by atoms with Crippen LogP contribution in [0.2, 0.25) is 0 Å². The first-order valence-corrected chi connectivity index (χ1v) is 13.7. The minimum Gasteiger partial charge on any atom is -0.466 e. The SMILES string of the molecule is CCOC(=O)/C=C/[C@@H]1CCCN1C(=O)OC(C)(C)C.CCOC(=O)CC[C@@H]1CCCN1C(=O)OC(C)(C)C. The number of ether oxygens (including phenoxy) is 4. The van der Waals surface area contributed by atoms with Gasteiger partial charge in [0.1, 0.15) is 11.2 Å². The van der Waals surface area contributed by atoms with E-state index in [0.29, 0.717) is 39.1 Å². The zero-order chi connectivity index (χ0) is 28.9. The Labute approximate surface area is 228 Å². The summed E-state index contributed by atoms with van der Waals surface area (Å²) in [5.74, 6) is -0.572. The molecule has 2 heterocycles. The van der Waals surface area contributed by atoms with Gasteiger partial charge in [0.05, 0.1) is 19.3 Å². The van der Waals surface area contributed by atoms with Crippen LogP contribution in [0.15, 0.2) is 12.2 Å². The summed E-state index contributed by atoms with van der Waals surface area (Å²) in [6, 6.07) is 0.0125. The first-order valence-electron chi connectivity index (χ1n) is 13.7. The van der Waals surface area contributed by atoms with Crippen molar-refractivity contribution in [2.24, 2.45) is 0 Å². The van der Waals surface area contributed by atoms with Crippen LogP contribution in [0.4, 0.5) is 9.59 Å². The van der Waals surface area contributed by atoms with Gasteiger partial charge in [-0.2, -0.15) is 0 Å². The summed E-state index contributed by atoms with van der Waals surface area (Å²) >= 11 is 0. The molecule has 2 aliphatic heterocycles. The molecule has 0 spiro atoms. The molecule has 218 valence electrons. The van der Waals surface area contributed by atoms with Gasteiger partial charge in [0.25, 0.3) is 0 Å². The molecule has 0 aromatic heterocycles. The van der Waals surface area contributed by atoms with Crippen molar-refractivity contribution in [3.8, 4) is 0 Å². The highest BCUT2D eigenvalue weighted by Gasteiger charge is 2.32. The Morgan fingerprint density at radius 3 is 1.87 bits per heavy atom. The molecule has 10 heteroatoms. The molecular weight excluding hydrogens is 492 g/mol. The van der Waals surface area contributed by atoms with Crippen LogP contribution in [0, 0.1) is 0 Å². The molecule has 0 aromatic rings. The van der Waals surface area contributed by atoms with Crippen LogP contribution in [0.1, 0.15) is 93.9 Å². The average Bonchev–Trinajstić information content (AvgIpc) is 3.44. The number of hydrogen-bond acceptors (Lipinski definition) is 8. The number of hydrogen-bond donors (Lipinski definition) is 0. The van der Waals surface area contributed by atoms with Crippen LogP contribution in [0.3, 0.4) is 0 Å². The lowest BCUT2D eigenvalue weighted by Crippen LogP contribution is -2.40. The average molecular weight is 541 g/mol. The van der Waals surface area contributed by atoms with E-state index in [1.807, 2.05) is 41.5 Å². The monoisotopic (exact) mass is 540 g/mol. The summed E-state index contributed by atoms with van der Waals surface area (Å²) in [6.07, 6.45) is 7.15. The molecule has 38 heavy (non-hydrogen) atoms. The van der Waals surface area contributed by atoms with Crippen LogP contribution in [0.25, 0.3) is 0 Å². The van der Waals surface area contributed by atoms with Crippen LogP contribution in [-0.2, 0) is 28.5 Å². The molecule has 0 unspecified atom stereocenters. The normalized spacial score (nSPS) is 19.6.